The third kappa shape index (κ3) is 2.60. The molecule has 0 radical (unpaired) electrons. The summed E-state index contributed by atoms with van der Waals surface area (Å²) in [6.07, 6.45) is 3.40. The molecule has 8 heteroatoms. The van der Waals surface area contributed by atoms with Crippen LogP contribution in [0.4, 0.5) is 4.39 Å². The predicted octanol–water partition coefficient (Wildman–Crippen LogP) is 1.74. The highest BCUT2D eigenvalue weighted by Gasteiger charge is 2.27. The number of nitrogens with zero attached hydrogens (tertiary/aromatic N) is 3. The molecule has 2 N–H and O–H groups in total. The van der Waals surface area contributed by atoms with Crippen molar-refractivity contribution in [1.82, 2.24) is 25.1 Å². The molecule has 2 aromatic heterocycles. The molecular weight excluding hydrogens is 281 g/mol. The van der Waals surface area contributed by atoms with Crippen LogP contribution < -0.4 is 5.32 Å². The number of carbonyl (C=O) groups is 1. The molecule has 0 atom stereocenters. The summed E-state index contributed by atoms with van der Waals surface area (Å²) in [5.41, 5.74) is 0.226. The van der Waals surface area contributed by atoms with Crippen molar-refractivity contribution in [1.29, 1.82) is 0 Å². The third-order valence-electron chi connectivity index (χ3n) is 3.09. The smallest absolute Gasteiger partial charge is 0.251 e. The number of rotatable bonds is 4. The highest BCUT2D eigenvalue weighted by atomic mass is 32.1. The maximum atomic E-state index is 12.9. The summed E-state index contributed by atoms with van der Waals surface area (Å²) in [6, 6.07) is 2.93. The Morgan fingerprint density at radius 3 is 3.10 bits per heavy atom. The second-order valence-electron chi connectivity index (χ2n) is 4.60. The standard InChI is InChI=1S/C12H12FN5OS/c13-9-5-7(3-4-14-9)11(19)15-6-10-16-17-12(20)18(10)8-1-2-8/h3-5,8H,1-2,6H2,(H,15,19)(H,17,20). The molecule has 0 bridgehead atoms. The van der Waals surface area contributed by atoms with Crippen molar-refractivity contribution in [3.05, 3.63) is 40.4 Å². The van der Waals surface area contributed by atoms with Crippen LogP contribution in [-0.4, -0.2) is 25.7 Å². The molecular formula is C12H12FN5OS. The van der Waals surface area contributed by atoms with Gasteiger partial charge in [-0.25, -0.2) is 4.98 Å². The van der Waals surface area contributed by atoms with Crippen molar-refractivity contribution in [3.8, 4) is 0 Å². The quantitative estimate of drug-likeness (QED) is 0.665. The van der Waals surface area contributed by atoms with Gasteiger partial charge in [0, 0.05) is 23.9 Å². The van der Waals surface area contributed by atoms with Crippen LogP contribution >= 0.6 is 12.2 Å². The first-order valence-electron chi connectivity index (χ1n) is 6.20. The lowest BCUT2D eigenvalue weighted by atomic mass is 10.2. The van der Waals surface area contributed by atoms with E-state index >= 15 is 0 Å². The van der Waals surface area contributed by atoms with Gasteiger partial charge in [-0.1, -0.05) is 0 Å². The molecule has 6 nitrogen and oxygen atoms in total. The van der Waals surface area contributed by atoms with Crippen LogP contribution in [0, 0.1) is 10.7 Å². The zero-order valence-electron chi connectivity index (χ0n) is 10.5. The molecule has 2 heterocycles. The molecule has 1 fully saturated rings. The lowest BCUT2D eigenvalue weighted by molar-refractivity contribution is 0.0948. The number of hydrogen-bond donors (Lipinski definition) is 2. The van der Waals surface area contributed by atoms with Crippen LogP contribution in [-0.2, 0) is 6.54 Å². The van der Waals surface area contributed by atoms with Crippen LogP contribution in [0.25, 0.3) is 0 Å². The maximum absolute atomic E-state index is 12.9. The van der Waals surface area contributed by atoms with E-state index in [1.165, 1.54) is 12.3 Å². The van der Waals surface area contributed by atoms with Crippen LogP contribution in [0.5, 0.6) is 0 Å². The number of amides is 1. The predicted molar refractivity (Wildman–Crippen MR) is 71.0 cm³/mol. The molecule has 2 aromatic rings. The third-order valence-corrected chi connectivity index (χ3v) is 3.37. The topological polar surface area (TPSA) is 75.6 Å². The second-order valence-corrected chi connectivity index (χ2v) is 4.98. The minimum atomic E-state index is -0.682. The molecule has 1 aliphatic rings. The number of aromatic amines is 1. The average molecular weight is 293 g/mol. The molecule has 0 aliphatic heterocycles. The summed E-state index contributed by atoms with van der Waals surface area (Å²) in [5, 5.41) is 9.53. The van der Waals surface area contributed by atoms with E-state index in [2.05, 4.69) is 20.5 Å². The Morgan fingerprint density at radius 1 is 1.60 bits per heavy atom. The van der Waals surface area contributed by atoms with Crippen LogP contribution in [0.2, 0.25) is 0 Å². The summed E-state index contributed by atoms with van der Waals surface area (Å²) in [7, 11) is 0. The number of hydrogen-bond acceptors (Lipinski definition) is 4. The van der Waals surface area contributed by atoms with E-state index in [1.54, 1.807) is 0 Å². The van der Waals surface area contributed by atoms with Crippen LogP contribution in [0.3, 0.4) is 0 Å². The fourth-order valence-corrected chi connectivity index (χ4v) is 2.28. The molecule has 1 amide bonds. The normalized spacial score (nSPS) is 14.2. The summed E-state index contributed by atoms with van der Waals surface area (Å²) in [6.45, 7) is 0.242. The van der Waals surface area contributed by atoms with Gasteiger partial charge in [0.05, 0.1) is 6.54 Å². The van der Waals surface area contributed by atoms with Crippen molar-refractivity contribution in [2.75, 3.05) is 0 Å². The molecule has 1 aliphatic carbocycles. The molecule has 0 aromatic carbocycles. The fraction of sp³-hybridized carbons (Fsp3) is 0.333. The number of pyridine rings is 1. The Morgan fingerprint density at radius 2 is 2.40 bits per heavy atom. The van der Waals surface area contributed by atoms with E-state index in [9.17, 15) is 9.18 Å². The number of carbonyl (C=O) groups excluding carboxylic acids is 1. The first-order chi connectivity index (χ1) is 9.65. The zero-order chi connectivity index (χ0) is 14.1. The highest BCUT2D eigenvalue weighted by molar-refractivity contribution is 7.71. The lowest BCUT2D eigenvalue weighted by Gasteiger charge is -2.06. The lowest BCUT2D eigenvalue weighted by Crippen LogP contribution is -2.25. The van der Waals surface area contributed by atoms with E-state index in [-0.39, 0.29) is 18.0 Å². The molecule has 3 rings (SSSR count). The Balaban J connectivity index is 1.71. The van der Waals surface area contributed by atoms with Gasteiger partial charge >= 0.3 is 0 Å². The Hall–Kier alpha value is -2.09. The summed E-state index contributed by atoms with van der Waals surface area (Å²) in [5.74, 6) is -0.374. The van der Waals surface area contributed by atoms with Gasteiger partial charge in [-0.05, 0) is 31.1 Å². The van der Waals surface area contributed by atoms with Gasteiger partial charge < -0.3 is 5.32 Å². The fourth-order valence-electron chi connectivity index (χ4n) is 1.98. The van der Waals surface area contributed by atoms with Crippen LogP contribution in [0.1, 0.15) is 35.1 Å². The van der Waals surface area contributed by atoms with Crippen molar-refractivity contribution >= 4 is 18.1 Å². The molecule has 0 unspecified atom stereocenters. The minimum Gasteiger partial charge on any atom is -0.345 e. The SMILES string of the molecule is O=C(NCc1n[nH]c(=S)n1C1CC1)c1ccnc(F)c1. The first kappa shape index (κ1) is 12.9. The molecule has 20 heavy (non-hydrogen) atoms. The van der Waals surface area contributed by atoms with Gasteiger partial charge in [-0.2, -0.15) is 9.49 Å². The summed E-state index contributed by atoms with van der Waals surface area (Å²) in [4.78, 5) is 15.3. The summed E-state index contributed by atoms with van der Waals surface area (Å²) >= 11 is 5.15. The first-order valence-corrected chi connectivity index (χ1v) is 6.61. The van der Waals surface area contributed by atoms with E-state index in [0.717, 1.165) is 18.9 Å². The van der Waals surface area contributed by atoms with Gasteiger partial charge in [-0.3, -0.25) is 14.5 Å². The largest absolute Gasteiger partial charge is 0.345 e. The van der Waals surface area contributed by atoms with E-state index in [0.29, 0.717) is 16.6 Å². The van der Waals surface area contributed by atoms with Gasteiger partial charge in [0.1, 0.15) is 0 Å². The van der Waals surface area contributed by atoms with E-state index < -0.39 is 5.95 Å². The zero-order valence-corrected chi connectivity index (χ0v) is 11.3. The van der Waals surface area contributed by atoms with Crippen LogP contribution in [0.15, 0.2) is 18.3 Å². The van der Waals surface area contributed by atoms with E-state index in [1.807, 2.05) is 4.57 Å². The van der Waals surface area contributed by atoms with Crippen molar-refractivity contribution in [2.45, 2.75) is 25.4 Å². The molecule has 104 valence electrons. The maximum Gasteiger partial charge on any atom is 0.251 e. The number of H-pyrrole nitrogens is 1. The van der Waals surface area contributed by atoms with Gasteiger partial charge in [-0.15, -0.1) is 0 Å². The average Bonchev–Trinajstić information content (AvgIpc) is 3.20. The molecule has 0 saturated heterocycles. The second kappa shape index (κ2) is 5.12. The van der Waals surface area contributed by atoms with Gasteiger partial charge in [0.25, 0.3) is 5.91 Å². The Labute approximate surface area is 119 Å². The molecule has 0 spiro atoms. The summed E-state index contributed by atoms with van der Waals surface area (Å²) < 4.78 is 15.4. The highest BCUT2D eigenvalue weighted by Crippen LogP contribution is 2.35. The van der Waals surface area contributed by atoms with Crippen molar-refractivity contribution in [2.24, 2.45) is 0 Å². The Bertz CT molecular complexity index is 706. The van der Waals surface area contributed by atoms with Crippen molar-refractivity contribution < 1.29 is 9.18 Å². The van der Waals surface area contributed by atoms with Crippen molar-refractivity contribution in [3.63, 3.8) is 0 Å². The van der Waals surface area contributed by atoms with Gasteiger partial charge in [0.2, 0.25) is 5.95 Å². The molecule has 1 saturated carbocycles. The minimum absolute atomic E-state index is 0.226. The number of nitrogens with one attached hydrogen (secondary N) is 2. The number of halogens is 1. The number of aromatic nitrogens is 4. The van der Waals surface area contributed by atoms with E-state index in [4.69, 9.17) is 12.2 Å². The monoisotopic (exact) mass is 293 g/mol. The van der Waals surface area contributed by atoms with Gasteiger partial charge in [0.15, 0.2) is 10.6 Å². The Kier molecular flexibility index (Phi) is 3.31.